The average molecular weight is 532 g/mol. The van der Waals surface area contributed by atoms with Gasteiger partial charge in [-0.15, -0.1) is 0 Å². The molecule has 0 bridgehead atoms. The first-order valence-electron chi connectivity index (χ1n) is 12.3. The van der Waals surface area contributed by atoms with Gasteiger partial charge in [-0.25, -0.2) is 9.07 Å². The summed E-state index contributed by atoms with van der Waals surface area (Å²) in [6.45, 7) is 3.53. The predicted octanol–water partition coefficient (Wildman–Crippen LogP) is 3.54. The van der Waals surface area contributed by atoms with Crippen LogP contribution in [0.4, 0.5) is 10.1 Å². The number of nitrogens with zero attached hydrogens (tertiary/aromatic N) is 4. The molecule has 11 heteroatoms. The number of carbonyl (C=O) groups is 2. The number of aromatic nitrogens is 3. The van der Waals surface area contributed by atoms with E-state index in [-0.39, 0.29) is 34.4 Å². The van der Waals surface area contributed by atoms with Crippen LogP contribution in [0.25, 0.3) is 5.69 Å². The van der Waals surface area contributed by atoms with Gasteiger partial charge >= 0.3 is 0 Å². The molecule has 10 nitrogen and oxygen atoms in total. The molecule has 4 aromatic rings. The Morgan fingerprint density at radius 1 is 1.05 bits per heavy atom. The Hall–Kier alpha value is -4.77. The Morgan fingerprint density at radius 2 is 1.79 bits per heavy atom. The first-order valence-corrected chi connectivity index (χ1v) is 12.3. The number of para-hydroxylation sites is 1. The molecule has 0 unspecified atom stereocenters. The summed E-state index contributed by atoms with van der Waals surface area (Å²) in [6.07, 6.45) is 1.42. The maximum Gasteiger partial charge on any atom is 0.284 e. The predicted molar refractivity (Wildman–Crippen MR) is 141 cm³/mol. The summed E-state index contributed by atoms with van der Waals surface area (Å²) in [6, 6.07) is 15.8. The minimum Gasteiger partial charge on any atom is -0.454 e. The van der Waals surface area contributed by atoms with Gasteiger partial charge in [-0.1, -0.05) is 18.2 Å². The number of ether oxygens (including phenoxy) is 2. The Kier molecular flexibility index (Phi) is 7.24. The van der Waals surface area contributed by atoms with E-state index in [1.54, 1.807) is 47.8 Å². The van der Waals surface area contributed by atoms with E-state index in [2.05, 4.69) is 10.3 Å². The van der Waals surface area contributed by atoms with Gasteiger partial charge < -0.3 is 19.7 Å². The average Bonchev–Trinajstić information content (AvgIpc) is 3.18. The molecule has 0 radical (unpaired) electrons. The smallest absolute Gasteiger partial charge is 0.284 e. The van der Waals surface area contributed by atoms with Crippen LogP contribution in [0.1, 0.15) is 26.5 Å². The van der Waals surface area contributed by atoms with Crippen molar-refractivity contribution in [2.45, 2.75) is 6.92 Å². The van der Waals surface area contributed by atoms with Crippen LogP contribution in [0.5, 0.6) is 11.5 Å². The van der Waals surface area contributed by atoms with Gasteiger partial charge in [0.25, 0.3) is 17.4 Å². The van der Waals surface area contributed by atoms with Gasteiger partial charge in [0, 0.05) is 44.2 Å². The van der Waals surface area contributed by atoms with Crippen molar-refractivity contribution in [2.24, 2.45) is 7.05 Å². The molecule has 200 valence electrons. The number of anilines is 1. The van der Waals surface area contributed by atoms with E-state index in [1.807, 2.05) is 6.07 Å². The maximum atomic E-state index is 14.9. The van der Waals surface area contributed by atoms with Crippen LogP contribution in [-0.4, -0.2) is 57.4 Å². The molecule has 0 aliphatic carbocycles. The number of nitrogens with one attached hydrogen (secondary N) is 1. The molecule has 0 spiro atoms. The molecule has 3 heterocycles. The van der Waals surface area contributed by atoms with E-state index in [9.17, 15) is 18.8 Å². The molecule has 0 atom stereocenters. The standard InChI is InChI=1S/C28H26FN5O5/c1-18-25(28(37)34(32(18)2)20-6-4-3-5-7-20)26(35)31-19-8-9-24(22(29)16-19)39-21-10-11-30-23(17-21)27(36)33-12-14-38-15-13-33/h3-11,16-17H,12-15H2,1-2H3,(H,31,35). The normalized spacial score (nSPS) is 13.3. The van der Waals surface area contributed by atoms with Gasteiger partial charge in [-0.2, -0.15) is 0 Å². The van der Waals surface area contributed by atoms with Crippen LogP contribution in [0, 0.1) is 12.7 Å². The summed E-state index contributed by atoms with van der Waals surface area (Å²) in [5.41, 5.74) is 0.873. The minimum absolute atomic E-state index is 0.0451. The summed E-state index contributed by atoms with van der Waals surface area (Å²) in [7, 11) is 1.69. The van der Waals surface area contributed by atoms with E-state index < -0.39 is 17.3 Å². The molecule has 1 saturated heterocycles. The summed E-state index contributed by atoms with van der Waals surface area (Å²) in [5, 5.41) is 2.59. The van der Waals surface area contributed by atoms with Crippen molar-refractivity contribution < 1.29 is 23.5 Å². The fraction of sp³-hybridized carbons (Fsp3) is 0.214. The number of rotatable bonds is 6. The minimum atomic E-state index is -0.739. The Bertz CT molecular complexity index is 1590. The molecule has 2 aromatic carbocycles. The van der Waals surface area contributed by atoms with Crippen LogP contribution in [0.3, 0.4) is 0 Å². The topological polar surface area (TPSA) is 108 Å². The largest absolute Gasteiger partial charge is 0.454 e. The zero-order valence-corrected chi connectivity index (χ0v) is 21.4. The van der Waals surface area contributed by atoms with E-state index in [0.717, 1.165) is 6.07 Å². The number of halogens is 1. The molecule has 1 N–H and O–H groups in total. The highest BCUT2D eigenvalue weighted by Crippen LogP contribution is 2.27. The van der Waals surface area contributed by atoms with Gasteiger partial charge in [-0.05, 0) is 37.3 Å². The van der Waals surface area contributed by atoms with Crippen molar-refractivity contribution >= 4 is 17.5 Å². The number of hydrogen-bond donors (Lipinski definition) is 1. The molecule has 1 aliphatic heterocycles. The number of amides is 2. The Morgan fingerprint density at radius 3 is 2.51 bits per heavy atom. The number of morpholine rings is 1. The first-order chi connectivity index (χ1) is 18.8. The lowest BCUT2D eigenvalue weighted by Crippen LogP contribution is -2.41. The van der Waals surface area contributed by atoms with E-state index >= 15 is 0 Å². The van der Waals surface area contributed by atoms with Crippen LogP contribution >= 0.6 is 0 Å². The van der Waals surface area contributed by atoms with Crippen molar-refractivity contribution in [1.82, 2.24) is 19.2 Å². The van der Waals surface area contributed by atoms with Crippen LogP contribution in [-0.2, 0) is 11.8 Å². The second-order valence-electron chi connectivity index (χ2n) is 8.92. The number of hydrogen-bond acceptors (Lipinski definition) is 6. The van der Waals surface area contributed by atoms with Crippen molar-refractivity contribution in [1.29, 1.82) is 0 Å². The monoisotopic (exact) mass is 531 g/mol. The highest BCUT2D eigenvalue weighted by atomic mass is 19.1. The van der Waals surface area contributed by atoms with Crippen LogP contribution < -0.4 is 15.6 Å². The SMILES string of the molecule is Cc1c(C(=O)Nc2ccc(Oc3ccnc(C(=O)N4CCOCC4)c3)c(F)c2)c(=O)n(-c2ccccc2)n1C. The van der Waals surface area contributed by atoms with Crippen molar-refractivity contribution in [3.63, 3.8) is 0 Å². The molecular formula is C28H26FN5O5. The van der Waals surface area contributed by atoms with Crippen molar-refractivity contribution in [3.8, 4) is 17.2 Å². The third kappa shape index (κ3) is 5.30. The number of pyridine rings is 1. The molecular weight excluding hydrogens is 505 g/mol. The molecule has 1 aliphatic rings. The molecule has 2 amide bonds. The lowest BCUT2D eigenvalue weighted by atomic mass is 10.2. The van der Waals surface area contributed by atoms with Crippen molar-refractivity contribution in [3.05, 3.63) is 100.0 Å². The first kappa shape index (κ1) is 25.9. The van der Waals surface area contributed by atoms with Gasteiger partial charge in [-0.3, -0.25) is 24.0 Å². The number of carbonyl (C=O) groups excluding carboxylic acids is 2. The number of benzene rings is 2. The van der Waals surface area contributed by atoms with Gasteiger partial charge in [0.15, 0.2) is 11.6 Å². The second kappa shape index (κ2) is 10.9. The molecule has 0 saturated carbocycles. The van der Waals surface area contributed by atoms with Gasteiger partial charge in [0.2, 0.25) is 0 Å². The maximum absolute atomic E-state index is 14.9. The molecule has 39 heavy (non-hydrogen) atoms. The molecule has 2 aromatic heterocycles. The van der Waals surface area contributed by atoms with Gasteiger partial charge in [0.1, 0.15) is 17.0 Å². The van der Waals surface area contributed by atoms with Crippen molar-refractivity contribution in [2.75, 3.05) is 31.6 Å². The highest BCUT2D eigenvalue weighted by molar-refractivity contribution is 6.05. The quantitative estimate of drug-likeness (QED) is 0.408. The Labute approximate surface area is 223 Å². The third-order valence-corrected chi connectivity index (χ3v) is 6.45. The molecule has 1 fully saturated rings. The lowest BCUT2D eigenvalue weighted by molar-refractivity contribution is 0.0299. The zero-order chi connectivity index (χ0) is 27.5. The molecule has 5 rings (SSSR count). The fourth-order valence-corrected chi connectivity index (χ4v) is 4.33. The van der Waals surface area contributed by atoms with E-state index in [4.69, 9.17) is 9.47 Å². The zero-order valence-electron chi connectivity index (χ0n) is 21.4. The Balaban J connectivity index is 1.32. The summed E-state index contributed by atoms with van der Waals surface area (Å²) < 4.78 is 28.9. The summed E-state index contributed by atoms with van der Waals surface area (Å²) in [4.78, 5) is 44.6. The van der Waals surface area contributed by atoms with Gasteiger partial charge in [0.05, 0.1) is 24.6 Å². The summed E-state index contributed by atoms with van der Waals surface area (Å²) in [5.74, 6) is -1.52. The third-order valence-electron chi connectivity index (χ3n) is 6.45. The van der Waals surface area contributed by atoms with E-state index in [1.165, 1.54) is 35.1 Å². The van der Waals surface area contributed by atoms with E-state index in [0.29, 0.717) is 37.7 Å². The van der Waals surface area contributed by atoms with Crippen LogP contribution in [0.2, 0.25) is 0 Å². The lowest BCUT2D eigenvalue weighted by Gasteiger charge is -2.26. The fourth-order valence-electron chi connectivity index (χ4n) is 4.33. The summed E-state index contributed by atoms with van der Waals surface area (Å²) >= 11 is 0. The van der Waals surface area contributed by atoms with Crippen LogP contribution in [0.15, 0.2) is 71.7 Å². The second-order valence-corrected chi connectivity index (χ2v) is 8.92. The highest BCUT2D eigenvalue weighted by Gasteiger charge is 2.23.